The summed E-state index contributed by atoms with van der Waals surface area (Å²) in [5, 5.41) is 4.63. The van der Waals surface area contributed by atoms with E-state index >= 15 is 0 Å². The Kier molecular flexibility index (Phi) is 2.71. The summed E-state index contributed by atoms with van der Waals surface area (Å²) in [5.41, 5.74) is 4.72. The van der Waals surface area contributed by atoms with E-state index in [2.05, 4.69) is 55.4 Å². The first-order valence-corrected chi connectivity index (χ1v) is 7.08. The van der Waals surface area contributed by atoms with Crippen molar-refractivity contribution >= 4 is 22.2 Å². The monoisotopic (exact) mass is 256 g/mol. The maximum Gasteiger partial charge on any atom is 0.0958 e. The molecule has 0 unspecified atom stereocenters. The molecule has 2 nitrogen and oxygen atoms in total. The third-order valence-corrected chi connectivity index (χ3v) is 4.31. The number of hydrogen-bond acceptors (Lipinski definition) is 2. The lowest BCUT2D eigenvalue weighted by molar-refractivity contribution is 0.853. The molecule has 1 aromatic carbocycles. The summed E-state index contributed by atoms with van der Waals surface area (Å²) in [4.78, 5) is 8.19. The van der Waals surface area contributed by atoms with Crippen LogP contribution in [0, 0.1) is 6.92 Å². The van der Waals surface area contributed by atoms with Crippen LogP contribution in [0.2, 0.25) is 0 Å². The second-order valence-electron chi connectivity index (χ2n) is 4.90. The molecule has 2 heterocycles. The first-order valence-electron chi connectivity index (χ1n) is 6.20. The Bertz CT molecular complexity index is 691. The fourth-order valence-corrected chi connectivity index (χ4v) is 3.10. The molecular formula is C15H16N2S. The van der Waals surface area contributed by atoms with Gasteiger partial charge >= 0.3 is 0 Å². The van der Waals surface area contributed by atoms with E-state index in [9.17, 15) is 0 Å². The van der Waals surface area contributed by atoms with E-state index in [0.717, 1.165) is 5.69 Å². The van der Waals surface area contributed by atoms with Crippen LogP contribution >= 0.6 is 11.3 Å². The highest BCUT2D eigenvalue weighted by Crippen LogP contribution is 2.33. The number of thiazole rings is 1. The molecule has 0 aliphatic carbocycles. The Morgan fingerprint density at radius 3 is 2.72 bits per heavy atom. The Labute approximate surface area is 111 Å². The highest BCUT2D eigenvalue weighted by atomic mass is 32.1. The molecule has 0 bridgehead atoms. The molecule has 0 atom stereocenters. The molecule has 3 rings (SSSR count). The predicted octanol–water partition coefficient (Wildman–Crippen LogP) is 4.72. The van der Waals surface area contributed by atoms with Crippen LogP contribution in [0.4, 0.5) is 0 Å². The minimum Gasteiger partial charge on any atom is -0.358 e. The van der Waals surface area contributed by atoms with E-state index in [0.29, 0.717) is 5.92 Å². The van der Waals surface area contributed by atoms with Gasteiger partial charge in [-0.1, -0.05) is 32.0 Å². The zero-order valence-corrected chi connectivity index (χ0v) is 11.6. The SMILES string of the molecule is Cc1[nH]c2ccccc2c1-c1csc(C(C)C)n1. The quantitative estimate of drug-likeness (QED) is 0.706. The molecule has 2 aromatic heterocycles. The zero-order chi connectivity index (χ0) is 12.7. The van der Waals surface area contributed by atoms with Crippen molar-refractivity contribution in [1.82, 2.24) is 9.97 Å². The lowest BCUT2D eigenvalue weighted by Gasteiger charge is -1.98. The molecular weight excluding hydrogens is 240 g/mol. The molecule has 0 radical (unpaired) electrons. The number of H-pyrrole nitrogens is 1. The van der Waals surface area contributed by atoms with Crippen molar-refractivity contribution in [2.75, 3.05) is 0 Å². The van der Waals surface area contributed by atoms with Crippen LogP contribution in [0.25, 0.3) is 22.2 Å². The van der Waals surface area contributed by atoms with Gasteiger partial charge in [0.05, 0.1) is 10.7 Å². The van der Waals surface area contributed by atoms with Gasteiger partial charge in [-0.25, -0.2) is 4.98 Å². The largest absolute Gasteiger partial charge is 0.358 e. The lowest BCUT2D eigenvalue weighted by Crippen LogP contribution is -1.86. The molecule has 1 N–H and O–H groups in total. The topological polar surface area (TPSA) is 28.7 Å². The second-order valence-corrected chi connectivity index (χ2v) is 5.79. The Morgan fingerprint density at radius 2 is 2.00 bits per heavy atom. The minimum absolute atomic E-state index is 0.495. The number of fused-ring (bicyclic) bond motifs is 1. The molecule has 0 aliphatic heterocycles. The van der Waals surface area contributed by atoms with Gasteiger partial charge in [-0.15, -0.1) is 11.3 Å². The van der Waals surface area contributed by atoms with Gasteiger partial charge in [0, 0.05) is 33.5 Å². The van der Waals surface area contributed by atoms with Crippen LogP contribution in [0.15, 0.2) is 29.6 Å². The summed E-state index contributed by atoms with van der Waals surface area (Å²) in [6.07, 6.45) is 0. The second kappa shape index (κ2) is 4.25. The number of nitrogens with zero attached hydrogens (tertiary/aromatic N) is 1. The third kappa shape index (κ3) is 1.75. The Balaban J connectivity index is 2.21. The summed E-state index contributed by atoms with van der Waals surface area (Å²) < 4.78 is 0. The Hall–Kier alpha value is -1.61. The first-order chi connectivity index (χ1) is 8.66. The number of aromatic amines is 1. The average molecular weight is 256 g/mol. The van der Waals surface area contributed by atoms with Crippen LogP contribution in [0.3, 0.4) is 0 Å². The van der Waals surface area contributed by atoms with Gasteiger partial charge in [-0.2, -0.15) is 0 Å². The smallest absolute Gasteiger partial charge is 0.0958 e. The third-order valence-electron chi connectivity index (χ3n) is 3.17. The van der Waals surface area contributed by atoms with Crippen LogP contribution in [0.5, 0.6) is 0 Å². The molecule has 92 valence electrons. The fraction of sp³-hybridized carbons (Fsp3) is 0.267. The van der Waals surface area contributed by atoms with Crippen molar-refractivity contribution < 1.29 is 0 Å². The predicted molar refractivity (Wildman–Crippen MR) is 78.2 cm³/mol. The van der Waals surface area contributed by atoms with Crippen molar-refractivity contribution in [2.24, 2.45) is 0 Å². The van der Waals surface area contributed by atoms with E-state index in [4.69, 9.17) is 4.98 Å². The highest BCUT2D eigenvalue weighted by Gasteiger charge is 2.14. The minimum atomic E-state index is 0.495. The number of rotatable bonds is 2. The number of aromatic nitrogens is 2. The van der Waals surface area contributed by atoms with Crippen LogP contribution in [0.1, 0.15) is 30.5 Å². The van der Waals surface area contributed by atoms with Crippen molar-refractivity contribution in [3.8, 4) is 11.3 Å². The summed E-state index contributed by atoms with van der Waals surface area (Å²) >= 11 is 1.75. The molecule has 3 aromatic rings. The van der Waals surface area contributed by atoms with Gasteiger partial charge < -0.3 is 4.98 Å². The van der Waals surface area contributed by atoms with Crippen LogP contribution in [-0.4, -0.2) is 9.97 Å². The number of hydrogen-bond donors (Lipinski definition) is 1. The molecule has 0 spiro atoms. The molecule has 0 aliphatic rings. The normalized spacial score (nSPS) is 11.6. The first kappa shape index (κ1) is 11.5. The molecule has 18 heavy (non-hydrogen) atoms. The van der Waals surface area contributed by atoms with Crippen molar-refractivity contribution in [3.05, 3.63) is 40.3 Å². The van der Waals surface area contributed by atoms with Gasteiger partial charge in [0.1, 0.15) is 0 Å². The van der Waals surface area contributed by atoms with Gasteiger partial charge in [-0.05, 0) is 13.0 Å². The molecule has 3 heteroatoms. The average Bonchev–Trinajstić information content (AvgIpc) is 2.91. The zero-order valence-electron chi connectivity index (χ0n) is 10.8. The van der Waals surface area contributed by atoms with E-state index in [1.165, 1.54) is 27.2 Å². The van der Waals surface area contributed by atoms with Gasteiger partial charge in [0.2, 0.25) is 0 Å². The number of para-hydroxylation sites is 1. The highest BCUT2D eigenvalue weighted by molar-refractivity contribution is 7.10. The summed E-state index contributed by atoms with van der Waals surface area (Å²) in [5.74, 6) is 0.495. The summed E-state index contributed by atoms with van der Waals surface area (Å²) in [6, 6.07) is 8.40. The summed E-state index contributed by atoms with van der Waals surface area (Å²) in [7, 11) is 0. The maximum absolute atomic E-state index is 4.76. The maximum atomic E-state index is 4.76. The van der Waals surface area contributed by atoms with E-state index in [1.54, 1.807) is 11.3 Å². The van der Waals surface area contributed by atoms with Crippen LogP contribution < -0.4 is 0 Å². The number of aryl methyl sites for hydroxylation is 1. The molecule has 0 saturated heterocycles. The standard InChI is InChI=1S/C15H16N2S/c1-9(2)15-17-13(8-18-15)14-10(3)16-12-7-5-4-6-11(12)14/h4-9,16H,1-3H3. The van der Waals surface area contributed by atoms with E-state index in [1.807, 2.05) is 0 Å². The Morgan fingerprint density at radius 1 is 1.22 bits per heavy atom. The van der Waals surface area contributed by atoms with Crippen molar-refractivity contribution in [1.29, 1.82) is 0 Å². The summed E-state index contributed by atoms with van der Waals surface area (Å²) in [6.45, 7) is 6.49. The van der Waals surface area contributed by atoms with Crippen molar-refractivity contribution in [3.63, 3.8) is 0 Å². The van der Waals surface area contributed by atoms with Gasteiger partial charge in [0.25, 0.3) is 0 Å². The lowest BCUT2D eigenvalue weighted by atomic mass is 10.1. The van der Waals surface area contributed by atoms with Gasteiger partial charge in [0.15, 0.2) is 0 Å². The number of benzene rings is 1. The fourth-order valence-electron chi connectivity index (χ4n) is 2.27. The van der Waals surface area contributed by atoms with Crippen LogP contribution in [-0.2, 0) is 0 Å². The molecule has 0 fully saturated rings. The number of nitrogens with one attached hydrogen (secondary N) is 1. The van der Waals surface area contributed by atoms with E-state index in [-0.39, 0.29) is 0 Å². The van der Waals surface area contributed by atoms with E-state index < -0.39 is 0 Å². The van der Waals surface area contributed by atoms with Gasteiger partial charge in [-0.3, -0.25) is 0 Å². The molecule has 0 saturated carbocycles. The molecule has 0 amide bonds. The van der Waals surface area contributed by atoms with Crippen molar-refractivity contribution in [2.45, 2.75) is 26.7 Å².